The molecule has 0 spiro atoms. The van der Waals surface area contributed by atoms with Crippen molar-refractivity contribution in [3.05, 3.63) is 51.6 Å². The zero-order valence-corrected chi connectivity index (χ0v) is 10.8. The van der Waals surface area contributed by atoms with Crippen molar-refractivity contribution in [2.75, 3.05) is 0 Å². The quantitative estimate of drug-likeness (QED) is 0.488. The maximum Gasteiger partial charge on any atom is 0.270 e. The summed E-state index contributed by atoms with van der Waals surface area (Å²) >= 11 is 0. The Balaban J connectivity index is 2.12. The number of benzene rings is 1. The lowest BCUT2D eigenvalue weighted by Gasteiger charge is -2.15. The number of aryl methyl sites for hydroxylation is 1. The van der Waals surface area contributed by atoms with Gasteiger partial charge in [0, 0.05) is 23.4 Å². The average Bonchev–Trinajstić information content (AvgIpc) is 2.90. The summed E-state index contributed by atoms with van der Waals surface area (Å²) in [6, 6.07) is 4.33. The first-order valence-electron chi connectivity index (χ1n) is 6.50. The van der Waals surface area contributed by atoms with Crippen molar-refractivity contribution in [1.29, 1.82) is 0 Å². The van der Waals surface area contributed by atoms with Crippen molar-refractivity contribution >= 4 is 12.0 Å². The lowest BCUT2D eigenvalue weighted by molar-refractivity contribution is -0.384. The summed E-state index contributed by atoms with van der Waals surface area (Å²) in [5, 5.41) is 10.8. The van der Waals surface area contributed by atoms with E-state index in [1.807, 2.05) is 4.57 Å². The topological polar surface area (TPSA) is 78.0 Å². The Bertz CT molecular complexity index is 691. The summed E-state index contributed by atoms with van der Waals surface area (Å²) in [5.41, 5.74) is 3.05. The number of fused-ring (bicyclic) bond motifs is 1. The highest BCUT2D eigenvalue weighted by Crippen LogP contribution is 2.26. The van der Waals surface area contributed by atoms with E-state index in [2.05, 4.69) is 4.98 Å². The molecule has 0 N–H and O–H groups in total. The molecule has 1 aromatic carbocycles. The van der Waals surface area contributed by atoms with Gasteiger partial charge < -0.3 is 4.57 Å². The molecule has 1 heterocycles. The van der Waals surface area contributed by atoms with Crippen molar-refractivity contribution in [3.8, 4) is 5.69 Å². The number of hydrogen-bond donors (Lipinski definition) is 0. The molecule has 102 valence electrons. The van der Waals surface area contributed by atoms with Crippen LogP contribution in [0, 0.1) is 10.1 Å². The summed E-state index contributed by atoms with van der Waals surface area (Å²) in [4.78, 5) is 25.9. The van der Waals surface area contributed by atoms with Gasteiger partial charge in [-0.2, -0.15) is 0 Å². The largest absolute Gasteiger partial charge is 0.302 e. The average molecular weight is 271 g/mol. The number of nitrogens with zero attached hydrogens (tertiary/aromatic N) is 3. The number of rotatable bonds is 3. The molecule has 3 rings (SSSR count). The van der Waals surface area contributed by atoms with Crippen LogP contribution in [0.1, 0.15) is 34.6 Å². The van der Waals surface area contributed by atoms with Crippen LogP contribution in [0.4, 0.5) is 5.69 Å². The van der Waals surface area contributed by atoms with E-state index in [1.54, 1.807) is 12.4 Å². The molecule has 0 fully saturated rings. The number of carbonyl (C=O) groups excluding carboxylic acids is 1. The van der Waals surface area contributed by atoms with Gasteiger partial charge >= 0.3 is 0 Å². The van der Waals surface area contributed by atoms with Crippen LogP contribution in [0.5, 0.6) is 0 Å². The molecule has 6 nitrogen and oxygen atoms in total. The minimum Gasteiger partial charge on any atom is -0.302 e. The molecule has 1 aromatic heterocycles. The third kappa shape index (κ3) is 1.99. The SMILES string of the molecule is O=Cc1cc([N+](=O)[O-])ccc1-n1cnc2c1CCCC2. The van der Waals surface area contributed by atoms with Gasteiger partial charge in [-0.05, 0) is 31.7 Å². The lowest BCUT2D eigenvalue weighted by atomic mass is 10.0. The van der Waals surface area contributed by atoms with Crippen LogP contribution in [-0.2, 0) is 12.8 Å². The maximum atomic E-state index is 11.2. The molecule has 6 heteroatoms. The number of aromatic nitrogens is 2. The van der Waals surface area contributed by atoms with Gasteiger partial charge in [-0.3, -0.25) is 14.9 Å². The molecule has 20 heavy (non-hydrogen) atoms. The Morgan fingerprint density at radius 1 is 1.30 bits per heavy atom. The monoisotopic (exact) mass is 271 g/mol. The highest BCUT2D eigenvalue weighted by molar-refractivity contribution is 5.82. The van der Waals surface area contributed by atoms with Crippen LogP contribution in [-0.4, -0.2) is 20.8 Å². The molecule has 2 aromatic rings. The molecule has 0 radical (unpaired) electrons. The van der Waals surface area contributed by atoms with Crippen LogP contribution in [0.2, 0.25) is 0 Å². The fourth-order valence-electron chi connectivity index (χ4n) is 2.65. The van der Waals surface area contributed by atoms with Crippen molar-refractivity contribution in [2.24, 2.45) is 0 Å². The van der Waals surface area contributed by atoms with Crippen molar-refractivity contribution < 1.29 is 9.72 Å². The third-order valence-corrected chi connectivity index (χ3v) is 3.64. The summed E-state index contributed by atoms with van der Waals surface area (Å²) in [6.07, 6.45) is 6.45. The highest BCUT2D eigenvalue weighted by atomic mass is 16.6. The second kappa shape index (κ2) is 4.88. The van der Waals surface area contributed by atoms with E-state index < -0.39 is 4.92 Å². The van der Waals surface area contributed by atoms with Gasteiger partial charge in [0.2, 0.25) is 0 Å². The van der Waals surface area contributed by atoms with Crippen molar-refractivity contribution in [2.45, 2.75) is 25.7 Å². The second-order valence-corrected chi connectivity index (χ2v) is 4.83. The Hall–Kier alpha value is -2.50. The second-order valence-electron chi connectivity index (χ2n) is 4.83. The van der Waals surface area contributed by atoms with Gasteiger partial charge in [-0.15, -0.1) is 0 Å². The maximum absolute atomic E-state index is 11.2. The van der Waals surface area contributed by atoms with E-state index >= 15 is 0 Å². The number of nitro groups is 1. The minimum atomic E-state index is -0.500. The molecule has 1 aliphatic rings. The first-order chi connectivity index (χ1) is 9.70. The summed E-state index contributed by atoms with van der Waals surface area (Å²) < 4.78 is 1.88. The standard InChI is InChI=1S/C14H13N3O3/c18-8-10-7-11(17(19)20)5-6-13(10)16-9-15-12-3-1-2-4-14(12)16/h5-9H,1-4H2. The number of hydrogen-bond acceptors (Lipinski definition) is 4. The number of aldehydes is 1. The van der Waals surface area contributed by atoms with Gasteiger partial charge in [0.25, 0.3) is 5.69 Å². The smallest absolute Gasteiger partial charge is 0.270 e. The molecule has 0 bridgehead atoms. The Morgan fingerprint density at radius 3 is 2.85 bits per heavy atom. The summed E-state index contributed by atoms with van der Waals surface area (Å²) in [7, 11) is 0. The van der Waals surface area contributed by atoms with Crippen molar-refractivity contribution in [3.63, 3.8) is 0 Å². The first kappa shape index (κ1) is 12.5. The molecule has 0 aliphatic heterocycles. The predicted molar refractivity (Wildman–Crippen MR) is 72.2 cm³/mol. The number of nitro benzene ring substituents is 1. The fourth-order valence-corrected chi connectivity index (χ4v) is 2.65. The van der Waals surface area contributed by atoms with E-state index in [0.717, 1.165) is 37.1 Å². The van der Waals surface area contributed by atoms with Gasteiger partial charge in [-0.25, -0.2) is 4.98 Å². The zero-order chi connectivity index (χ0) is 14.1. The predicted octanol–water partition coefficient (Wildman–Crippen LogP) is 2.47. The van der Waals surface area contributed by atoms with E-state index in [0.29, 0.717) is 17.5 Å². The molecule has 0 atom stereocenters. The molecule has 0 saturated carbocycles. The van der Waals surface area contributed by atoms with Gasteiger partial charge in [0.1, 0.15) is 0 Å². The van der Waals surface area contributed by atoms with E-state index in [9.17, 15) is 14.9 Å². The molecular weight excluding hydrogens is 258 g/mol. The number of non-ortho nitro benzene ring substituents is 1. The van der Waals surface area contributed by atoms with Crippen LogP contribution in [0.25, 0.3) is 5.69 Å². The van der Waals surface area contributed by atoms with E-state index in [-0.39, 0.29) is 5.69 Å². The van der Waals surface area contributed by atoms with Gasteiger partial charge in [0.15, 0.2) is 6.29 Å². The number of imidazole rings is 1. The van der Waals surface area contributed by atoms with Gasteiger partial charge in [-0.1, -0.05) is 0 Å². The lowest BCUT2D eigenvalue weighted by Crippen LogP contribution is -2.08. The summed E-state index contributed by atoms with van der Waals surface area (Å²) in [6.45, 7) is 0. The fraction of sp³-hybridized carbons (Fsp3) is 0.286. The Labute approximate surface area is 115 Å². The normalized spacial score (nSPS) is 13.8. The first-order valence-corrected chi connectivity index (χ1v) is 6.50. The molecule has 0 saturated heterocycles. The van der Waals surface area contributed by atoms with Crippen LogP contribution >= 0.6 is 0 Å². The minimum absolute atomic E-state index is 0.0789. The van der Waals surface area contributed by atoms with Gasteiger partial charge in [0.05, 0.1) is 22.6 Å². The van der Waals surface area contributed by atoms with Crippen molar-refractivity contribution in [1.82, 2.24) is 9.55 Å². The number of carbonyl (C=O) groups is 1. The van der Waals surface area contributed by atoms with Crippen LogP contribution < -0.4 is 0 Å². The molecule has 0 amide bonds. The zero-order valence-electron chi connectivity index (χ0n) is 10.8. The third-order valence-electron chi connectivity index (χ3n) is 3.64. The van der Waals surface area contributed by atoms with Crippen LogP contribution in [0.15, 0.2) is 24.5 Å². The Kier molecular flexibility index (Phi) is 3.06. The molecular formula is C14H13N3O3. The molecule has 1 aliphatic carbocycles. The van der Waals surface area contributed by atoms with Crippen LogP contribution in [0.3, 0.4) is 0 Å². The van der Waals surface area contributed by atoms with E-state index in [4.69, 9.17) is 0 Å². The highest BCUT2D eigenvalue weighted by Gasteiger charge is 2.19. The Morgan fingerprint density at radius 2 is 2.10 bits per heavy atom. The molecule has 0 unspecified atom stereocenters. The summed E-state index contributed by atoms with van der Waals surface area (Å²) in [5.74, 6) is 0. The van der Waals surface area contributed by atoms with E-state index in [1.165, 1.54) is 12.1 Å².